The van der Waals surface area contributed by atoms with E-state index >= 15 is 0 Å². The van der Waals surface area contributed by atoms with Gasteiger partial charge in [0.15, 0.2) is 0 Å². The molecule has 22 heavy (non-hydrogen) atoms. The fourth-order valence-electron chi connectivity index (χ4n) is 3.68. The highest BCUT2D eigenvalue weighted by Crippen LogP contribution is 2.32. The van der Waals surface area contributed by atoms with Crippen molar-refractivity contribution in [3.05, 3.63) is 29.3 Å². The minimum Gasteiger partial charge on any atom is -0.369 e. The standard InChI is InChI=1S/C18H27N3O/c1-14(22)20(3)16-8-7-15-5-4-6-18(17(15)13-16)21-11-9-19(2)10-12-21/h4-6,16H,7-13H2,1-3H3/t16-/m1/s1. The molecule has 3 rings (SSSR count). The van der Waals surface area contributed by atoms with Crippen LogP contribution in [0.2, 0.25) is 0 Å². The summed E-state index contributed by atoms with van der Waals surface area (Å²) in [6, 6.07) is 7.07. The molecule has 0 spiro atoms. The zero-order valence-electron chi connectivity index (χ0n) is 14.0. The van der Waals surface area contributed by atoms with Gasteiger partial charge < -0.3 is 14.7 Å². The fraction of sp³-hybridized carbons (Fsp3) is 0.611. The van der Waals surface area contributed by atoms with Gasteiger partial charge in [-0.05, 0) is 43.5 Å². The molecule has 1 saturated heterocycles. The number of piperazine rings is 1. The maximum Gasteiger partial charge on any atom is 0.219 e. The molecule has 0 radical (unpaired) electrons. The van der Waals surface area contributed by atoms with E-state index in [1.54, 1.807) is 6.92 Å². The molecule has 1 aliphatic heterocycles. The average molecular weight is 301 g/mol. The Bertz CT molecular complexity index is 549. The van der Waals surface area contributed by atoms with E-state index < -0.39 is 0 Å². The molecule has 0 bridgehead atoms. The molecule has 1 aromatic carbocycles. The van der Waals surface area contributed by atoms with Crippen LogP contribution in [0.5, 0.6) is 0 Å². The van der Waals surface area contributed by atoms with Gasteiger partial charge in [-0.2, -0.15) is 0 Å². The number of likely N-dealkylation sites (N-methyl/N-ethyl adjacent to an activating group) is 2. The van der Waals surface area contributed by atoms with Gasteiger partial charge in [0, 0.05) is 51.9 Å². The van der Waals surface area contributed by atoms with Crippen LogP contribution in [0.25, 0.3) is 0 Å². The highest BCUT2D eigenvalue weighted by atomic mass is 16.2. The number of aryl methyl sites for hydroxylation is 1. The molecule has 0 N–H and O–H groups in total. The van der Waals surface area contributed by atoms with Crippen LogP contribution < -0.4 is 4.90 Å². The van der Waals surface area contributed by atoms with E-state index in [1.165, 1.54) is 16.8 Å². The number of benzene rings is 1. The molecule has 4 heteroatoms. The lowest BCUT2D eigenvalue weighted by molar-refractivity contribution is -0.129. The van der Waals surface area contributed by atoms with Gasteiger partial charge in [-0.15, -0.1) is 0 Å². The van der Waals surface area contributed by atoms with Gasteiger partial charge in [-0.25, -0.2) is 0 Å². The Morgan fingerprint density at radius 1 is 1.23 bits per heavy atom. The second kappa shape index (κ2) is 6.29. The number of hydrogen-bond acceptors (Lipinski definition) is 3. The van der Waals surface area contributed by atoms with E-state index in [2.05, 4.69) is 35.0 Å². The summed E-state index contributed by atoms with van der Waals surface area (Å²) in [5.74, 6) is 0.172. The Morgan fingerprint density at radius 3 is 2.64 bits per heavy atom. The van der Waals surface area contributed by atoms with Crippen LogP contribution in [-0.4, -0.2) is 62.0 Å². The molecule has 1 aromatic rings. The van der Waals surface area contributed by atoms with Gasteiger partial charge in [0.2, 0.25) is 5.91 Å². The Balaban J connectivity index is 1.84. The van der Waals surface area contributed by atoms with Gasteiger partial charge in [-0.1, -0.05) is 12.1 Å². The Hall–Kier alpha value is -1.55. The van der Waals surface area contributed by atoms with E-state index in [4.69, 9.17) is 0 Å². The van der Waals surface area contributed by atoms with Gasteiger partial charge >= 0.3 is 0 Å². The number of hydrogen-bond donors (Lipinski definition) is 0. The first kappa shape index (κ1) is 15.3. The maximum atomic E-state index is 11.7. The zero-order valence-corrected chi connectivity index (χ0v) is 14.0. The minimum atomic E-state index is 0.172. The second-order valence-electron chi connectivity index (χ2n) is 6.73. The van der Waals surface area contributed by atoms with Crippen molar-refractivity contribution < 1.29 is 4.79 Å². The smallest absolute Gasteiger partial charge is 0.219 e. The van der Waals surface area contributed by atoms with Crippen LogP contribution in [-0.2, 0) is 17.6 Å². The highest BCUT2D eigenvalue weighted by Gasteiger charge is 2.27. The molecule has 1 heterocycles. The quantitative estimate of drug-likeness (QED) is 0.833. The van der Waals surface area contributed by atoms with Gasteiger partial charge in [0.25, 0.3) is 0 Å². The summed E-state index contributed by atoms with van der Waals surface area (Å²) in [6.07, 6.45) is 3.16. The van der Waals surface area contributed by atoms with Crippen LogP contribution in [0.1, 0.15) is 24.5 Å². The molecule has 0 aromatic heterocycles. The molecule has 1 aliphatic carbocycles. The van der Waals surface area contributed by atoms with Crippen molar-refractivity contribution in [2.45, 2.75) is 32.2 Å². The number of fused-ring (bicyclic) bond motifs is 1. The summed E-state index contributed by atoms with van der Waals surface area (Å²) in [7, 11) is 4.13. The molecular weight excluding hydrogens is 274 g/mol. The maximum absolute atomic E-state index is 11.7. The van der Waals surface area contributed by atoms with Crippen molar-refractivity contribution in [2.75, 3.05) is 45.2 Å². The van der Waals surface area contributed by atoms with E-state index in [0.29, 0.717) is 6.04 Å². The first-order valence-electron chi connectivity index (χ1n) is 8.34. The largest absolute Gasteiger partial charge is 0.369 e. The Morgan fingerprint density at radius 2 is 1.95 bits per heavy atom. The van der Waals surface area contributed by atoms with Gasteiger partial charge in [0.05, 0.1) is 0 Å². The molecule has 0 unspecified atom stereocenters. The number of carbonyl (C=O) groups excluding carboxylic acids is 1. The molecule has 1 atom stereocenters. The summed E-state index contributed by atoms with van der Waals surface area (Å²) in [4.78, 5) is 18.5. The monoisotopic (exact) mass is 301 g/mol. The first-order valence-corrected chi connectivity index (χ1v) is 8.34. The third kappa shape index (κ3) is 2.98. The minimum absolute atomic E-state index is 0.172. The molecule has 2 aliphatic rings. The third-order valence-electron chi connectivity index (χ3n) is 5.32. The lowest BCUT2D eigenvalue weighted by Crippen LogP contribution is -2.45. The number of nitrogens with zero attached hydrogens (tertiary/aromatic N) is 3. The average Bonchev–Trinajstić information content (AvgIpc) is 2.54. The van der Waals surface area contributed by atoms with E-state index in [1.807, 2.05) is 11.9 Å². The van der Waals surface area contributed by atoms with Crippen LogP contribution >= 0.6 is 0 Å². The van der Waals surface area contributed by atoms with Crippen molar-refractivity contribution in [3.8, 4) is 0 Å². The predicted molar refractivity (Wildman–Crippen MR) is 90.4 cm³/mol. The van der Waals surface area contributed by atoms with Crippen molar-refractivity contribution >= 4 is 11.6 Å². The number of rotatable bonds is 2. The summed E-state index contributed by atoms with van der Waals surface area (Å²) >= 11 is 0. The SMILES string of the molecule is CC(=O)N(C)[C@@H]1CCc2cccc(N3CCN(C)CC3)c2C1. The Labute approximate surface area is 133 Å². The number of carbonyl (C=O) groups is 1. The van der Waals surface area contributed by atoms with Crippen molar-refractivity contribution in [1.29, 1.82) is 0 Å². The molecular formula is C18H27N3O. The fourth-order valence-corrected chi connectivity index (χ4v) is 3.68. The molecule has 120 valence electrons. The molecule has 4 nitrogen and oxygen atoms in total. The van der Waals surface area contributed by atoms with Crippen LogP contribution in [0.3, 0.4) is 0 Å². The van der Waals surface area contributed by atoms with Gasteiger partial charge in [-0.3, -0.25) is 4.79 Å². The van der Waals surface area contributed by atoms with Gasteiger partial charge in [0.1, 0.15) is 0 Å². The highest BCUT2D eigenvalue weighted by molar-refractivity contribution is 5.73. The second-order valence-corrected chi connectivity index (χ2v) is 6.73. The molecule has 1 fully saturated rings. The van der Waals surface area contributed by atoms with Crippen LogP contribution in [0.15, 0.2) is 18.2 Å². The van der Waals surface area contributed by atoms with Crippen molar-refractivity contribution in [3.63, 3.8) is 0 Å². The van der Waals surface area contributed by atoms with Crippen molar-refractivity contribution in [1.82, 2.24) is 9.80 Å². The number of amides is 1. The zero-order chi connectivity index (χ0) is 15.7. The summed E-state index contributed by atoms with van der Waals surface area (Å²) in [5.41, 5.74) is 4.34. The summed E-state index contributed by atoms with van der Waals surface area (Å²) < 4.78 is 0. The summed E-state index contributed by atoms with van der Waals surface area (Å²) in [5, 5.41) is 0. The summed E-state index contributed by atoms with van der Waals surface area (Å²) in [6.45, 7) is 6.11. The lowest BCUT2D eigenvalue weighted by Gasteiger charge is -2.38. The molecule has 1 amide bonds. The van der Waals surface area contributed by atoms with Crippen LogP contribution in [0, 0.1) is 0 Å². The Kier molecular flexibility index (Phi) is 4.39. The number of anilines is 1. The predicted octanol–water partition coefficient (Wildman–Crippen LogP) is 1.77. The van der Waals surface area contributed by atoms with Crippen LogP contribution in [0.4, 0.5) is 5.69 Å². The third-order valence-corrected chi connectivity index (χ3v) is 5.32. The molecule has 0 saturated carbocycles. The van der Waals surface area contributed by atoms with E-state index in [0.717, 1.165) is 45.4 Å². The van der Waals surface area contributed by atoms with E-state index in [9.17, 15) is 4.79 Å². The van der Waals surface area contributed by atoms with E-state index in [-0.39, 0.29) is 5.91 Å². The lowest BCUT2D eigenvalue weighted by atomic mass is 9.86. The van der Waals surface area contributed by atoms with Crippen molar-refractivity contribution in [2.24, 2.45) is 0 Å². The topological polar surface area (TPSA) is 26.8 Å². The normalized spacial score (nSPS) is 22.3. The first-order chi connectivity index (χ1) is 10.6.